The second-order valence-corrected chi connectivity index (χ2v) is 3.58. The number of aryl methyl sites for hydroxylation is 2. The smallest absolute Gasteiger partial charge is 0.258 e. The maximum Gasteiger partial charge on any atom is 0.336 e. The third-order valence-electron chi connectivity index (χ3n) is 2.32. The fourth-order valence-corrected chi connectivity index (χ4v) is 1.69. The molecular formula is C9H12N6O2. The molecule has 2 aromatic heterocycles. The molecule has 0 saturated heterocycles. The van der Waals surface area contributed by atoms with Crippen molar-refractivity contribution >= 4 is 5.69 Å². The van der Waals surface area contributed by atoms with Gasteiger partial charge in [-0.05, 0) is 13.3 Å². The lowest BCUT2D eigenvalue weighted by Crippen LogP contribution is -2.09. The molecule has 0 radical (unpaired) electrons. The van der Waals surface area contributed by atoms with Gasteiger partial charge in [-0.1, -0.05) is 6.92 Å². The minimum Gasteiger partial charge on any atom is -0.258 e. The van der Waals surface area contributed by atoms with Crippen LogP contribution in [0.3, 0.4) is 0 Å². The predicted molar refractivity (Wildman–Crippen MR) is 58.8 cm³/mol. The summed E-state index contributed by atoms with van der Waals surface area (Å²) in [6, 6.07) is 0. The van der Waals surface area contributed by atoms with Crippen LogP contribution in [0.4, 0.5) is 5.69 Å². The van der Waals surface area contributed by atoms with Crippen LogP contribution >= 0.6 is 0 Å². The highest BCUT2D eigenvalue weighted by Gasteiger charge is 2.26. The molecular weight excluding hydrogens is 224 g/mol. The number of rotatable bonds is 4. The van der Waals surface area contributed by atoms with E-state index in [4.69, 9.17) is 0 Å². The molecule has 2 heterocycles. The zero-order chi connectivity index (χ0) is 12.4. The van der Waals surface area contributed by atoms with Crippen LogP contribution < -0.4 is 0 Å². The van der Waals surface area contributed by atoms with Gasteiger partial charge in [0.15, 0.2) is 0 Å². The molecule has 0 fully saturated rings. The highest BCUT2D eigenvalue weighted by molar-refractivity contribution is 5.50. The van der Waals surface area contributed by atoms with Gasteiger partial charge in [-0.3, -0.25) is 10.1 Å². The van der Waals surface area contributed by atoms with Crippen LogP contribution in [0, 0.1) is 17.0 Å². The Bertz CT molecular complexity index is 530. The number of nitrogens with zero attached hydrogens (tertiary/aromatic N) is 6. The van der Waals surface area contributed by atoms with Crippen molar-refractivity contribution in [3.05, 3.63) is 28.5 Å². The van der Waals surface area contributed by atoms with Gasteiger partial charge in [0.05, 0.1) is 4.92 Å². The standard InChI is InChI=1S/C9H12N6O2/c1-3-4-13-9(14-6-10-5-11-14)8(15(16)17)7(2)12-13/h5-6H,3-4H2,1-2H3. The Labute approximate surface area is 97.0 Å². The van der Waals surface area contributed by atoms with E-state index in [-0.39, 0.29) is 5.69 Å². The molecule has 0 N–H and O–H groups in total. The van der Waals surface area contributed by atoms with Gasteiger partial charge >= 0.3 is 5.69 Å². The van der Waals surface area contributed by atoms with E-state index in [2.05, 4.69) is 15.2 Å². The first-order valence-electron chi connectivity index (χ1n) is 5.22. The van der Waals surface area contributed by atoms with Gasteiger partial charge in [0.1, 0.15) is 18.3 Å². The monoisotopic (exact) mass is 236 g/mol. The van der Waals surface area contributed by atoms with Gasteiger partial charge in [-0.2, -0.15) is 14.9 Å². The van der Waals surface area contributed by atoms with Crippen molar-refractivity contribution in [3.8, 4) is 5.82 Å². The molecule has 2 rings (SSSR count). The Balaban J connectivity index is 2.63. The first-order chi connectivity index (χ1) is 8.15. The van der Waals surface area contributed by atoms with Gasteiger partial charge in [-0.25, -0.2) is 9.67 Å². The molecule has 0 unspecified atom stereocenters. The van der Waals surface area contributed by atoms with E-state index in [1.54, 1.807) is 11.6 Å². The predicted octanol–water partition coefficient (Wildman–Crippen LogP) is 1.09. The molecule has 0 aliphatic heterocycles. The van der Waals surface area contributed by atoms with Crippen molar-refractivity contribution in [1.82, 2.24) is 24.5 Å². The van der Waals surface area contributed by atoms with Crippen molar-refractivity contribution < 1.29 is 4.92 Å². The van der Waals surface area contributed by atoms with Crippen molar-refractivity contribution in [1.29, 1.82) is 0 Å². The highest BCUT2D eigenvalue weighted by atomic mass is 16.6. The van der Waals surface area contributed by atoms with Gasteiger partial charge in [0, 0.05) is 6.54 Å². The Morgan fingerprint density at radius 3 is 2.82 bits per heavy atom. The van der Waals surface area contributed by atoms with Crippen LogP contribution in [0.25, 0.3) is 5.82 Å². The highest BCUT2D eigenvalue weighted by Crippen LogP contribution is 2.25. The number of hydrogen-bond acceptors (Lipinski definition) is 5. The van der Waals surface area contributed by atoms with Gasteiger partial charge in [-0.15, -0.1) is 0 Å². The summed E-state index contributed by atoms with van der Waals surface area (Å²) in [5.41, 5.74) is 0.359. The minimum absolute atomic E-state index is 0.0241. The molecule has 2 aromatic rings. The summed E-state index contributed by atoms with van der Waals surface area (Å²) in [6.07, 6.45) is 3.60. The maximum atomic E-state index is 11.0. The van der Waals surface area contributed by atoms with Crippen LogP contribution in [0.1, 0.15) is 19.0 Å². The Morgan fingerprint density at radius 1 is 1.53 bits per heavy atom. The van der Waals surface area contributed by atoms with Crippen molar-refractivity contribution in [3.63, 3.8) is 0 Å². The second-order valence-electron chi connectivity index (χ2n) is 3.58. The molecule has 90 valence electrons. The number of nitro groups is 1. The largest absolute Gasteiger partial charge is 0.336 e. The van der Waals surface area contributed by atoms with Crippen LogP contribution in [0.5, 0.6) is 0 Å². The summed E-state index contributed by atoms with van der Waals surface area (Å²) in [4.78, 5) is 14.4. The molecule has 0 aliphatic rings. The summed E-state index contributed by atoms with van der Waals surface area (Å²) >= 11 is 0. The van der Waals surface area contributed by atoms with E-state index >= 15 is 0 Å². The molecule has 8 nitrogen and oxygen atoms in total. The lowest BCUT2D eigenvalue weighted by Gasteiger charge is -2.03. The normalized spacial score (nSPS) is 10.7. The van der Waals surface area contributed by atoms with Crippen molar-refractivity contribution in [2.75, 3.05) is 0 Å². The lowest BCUT2D eigenvalue weighted by molar-refractivity contribution is -0.385. The lowest BCUT2D eigenvalue weighted by atomic mass is 10.4. The molecule has 17 heavy (non-hydrogen) atoms. The zero-order valence-electron chi connectivity index (χ0n) is 9.57. The topological polar surface area (TPSA) is 91.7 Å². The first kappa shape index (κ1) is 11.2. The Hall–Kier alpha value is -2.25. The summed E-state index contributed by atoms with van der Waals surface area (Å²) < 4.78 is 2.95. The van der Waals surface area contributed by atoms with E-state index in [0.717, 1.165) is 6.42 Å². The molecule has 0 amide bonds. The summed E-state index contributed by atoms with van der Waals surface area (Å²) in [5.74, 6) is 0.354. The minimum atomic E-state index is -0.439. The fraction of sp³-hybridized carbons (Fsp3) is 0.444. The third-order valence-corrected chi connectivity index (χ3v) is 2.32. The molecule has 0 atom stereocenters. The quantitative estimate of drug-likeness (QED) is 0.585. The van der Waals surface area contributed by atoms with E-state index in [1.165, 1.54) is 17.3 Å². The molecule has 8 heteroatoms. The van der Waals surface area contributed by atoms with E-state index < -0.39 is 4.92 Å². The molecule has 0 saturated carbocycles. The Kier molecular flexibility index (Phi) is 2.86. The molecule has 0 bridgehead atoms. The summed E-state index contributed by atoms with van der Waals surface area (Å²) in [7, 11) is 0. The van der Waals surface area contributed by atoms with Crippen molar-refractivity contribution in [2.24, 2.45) is 0 Å². The molecule has 0 aromatic carbocycles. The van der Waals surface area contributed by atoms with Crippen LogP contribution in [-0.4, -0.2) is 29.5 Å². The zero-order valence-corrected chi connectivity index (χ0v) is 9.57. The average molecular weight is 236 g/mol. The Morgan fingerprint density at radius 2 is 2.29 bits per heavy atom. The fourth-order valence-electron chi connectivity index (χ4n) is 1.69. The maximum absolute atomic E-state index is 11.0. The van der Waals surface area contributed by atoms with Gasteiger partial charge in [0.25, 0.3) is 0 Å². The van der Waals surface area contributed by atoms with Gasteiger partial charge < -0.3 is 0 Å². The molecule has 0 aliphatic carbocycles. The first-order valence-corrected chi connectivity index (χ1v) is 5.22. The third kappa shape index (κ3) is 1.88. The summed E-state index contributed by atoms with van der Waals surface area (Å²) in [5, 5.41) is 19.1. The summed E-state index contributed by atoms with van der Waals surface area (Å²) in [6.45, 7) is 4.20. The van der Waals surface area contributed by atoms with E-state index in [1.807, 2.05) is 6.92 Å². The van der Waals surface area contributed by atoms with Crippen molar-refractivity contribution in [2.45, 2.75) is 26.8 Å². The van der Waals surface area contributed by atoms with Crippen LogP contribution in [-0.2, 0) is 6.54 Å². The van der Waals surface area contributed by atoms with Crippen LogP contribution in [0.2, 0.25) is 0 Å². The van der Waals surface area contributed by atoms with Crippen LogP contribution in [0.15, 0.2) is 12.7 Å². The average Bonchev–Trinajstić information content (AvgIpc) is 2.85. The number of hydrogen-bond donors (Lipinski definition) is 0. The van der Waals surface area contributed by atoms with E-state index in [0.29, 0.717) is 18.1 Å². The van der Waals surface area contributed by atoms with Gasteiger partial charge in [0.2, 0.25) is 5.82 Å². The van der Waals surface area contributed by atoms with E-state index in [9.17, 15) is 10.1 Å². The number of aromatic nitrogens is 5. The molecule has 0 spiro atoms. The SMILES string of the molecule is CCCn1nc(C)c([N+](=O)[O-])c1-n1cncn1. The second kappa shape index (κ2) is 4.32.